The zero-order chi connectivity index (χ0) is 30.5. The molecule has 0 spiro atoms. The first-order chi connectivity index (χ1) is 20.6. The Bertz CT molecular complexity index is 1560. The largest absolute Gasteiger partial charge is 0.424 e. The molecule has 0 amide bonds. The van der Waals surface area contributed by atoms with Gasteiger partial charge in [0.15, 0.2) is 8.07 Å². The first-order valence-corrected chi connectivity index (χ1v) is 19.8. The van der Waals surface area contributed by atoms with Crippen LogP contribution in [0.1, 0.15) is 40.3 Å². The van der Waals surface area contributed by atoms with Crippen LogP contribution in [0.4, 0.5) is 0 Å². The molecule has 1 aliphatic carbocycles. The maximum atomic E-state index is 13.9. The second-order valence-corrected chi connectivity index (χ2v) is 20.3. The van der Waals surface area contributed by atoms with Gasteiger partial charge in [0.2, 0.25) is 0 Å². The predicted molar refractivity (Wildman–Crippen MR) is 189 cm³/mol. The summed E-state index contributed by atoms with van der Waals surface area (Å²) in [6.07, 6.45) is 0. The van der Waals surface area contributed by atoms with E-state index < -0.39 is 16.4 Å². The van der Waals surface area contributed by atoms with Gasteiger partial charge in [-0.25, -0.2) is 0 Å². The second-order valence-electron chi connectivity index (χ2n) is 13.1. The van der Waals surface area contributed by atoms with E-state index in [4.69, 9.17) is 0 Å². The lowest BCUT2D eigenvalue weighted by Gasteiger charge is -2.38. The molecule has 0 aromatic heterocycles. The normalized spacial score (nSPS) is 18.5. The summed E-state index contributed by atoms with van der Waals surface area (Å²) < 4.78 is 0. The van der Waals surface area contributed by atoms with Crippen LogP contribution in [0.15, 0.2) is 115 Å². The monoisotopic (exact) mass is 596 g/mol. The highest BCUT2D eigenvalue weighted by Gasteiger charge is 2.70. The highest BCUT2D eigenvalue weighted by atomic mass is 28.4. The third-order valence-electron chi connectivity index (χ3n) is 10.2. The molecule has 1 N–H and O–H groups in total. The van der Waals surface area contributed by atoms with Crippen molar-refractivity contribution in [1.82, 2.24) is 0 Å². The van der Waals surface area contributed by atoms with Crippen molar-refractivity contribution in [1.29, 1.82) is 0 Å². The molecule has 0 bridgehead atoms. The van der Waals surface area contributed by atoms with Gasteiger partial charge in [0, 0.05) is 0 Å². The Morgan fingerprint density at radius 2 is 0.767 bits per heavy atom. The molecule has 6 rings (SSSR count). The molecule has 1 aliphatic rings. The molecule has 1 nitrogen and oxygen atoms in total. The molecular weight excluding hydrogens is 553 g/mol. The number of benzene rings is 5. The average molecular weight is 597 g/mol. The lowest BCUT2D eigenvalue weighted by atomic mass is 10.1. The summed E-state index contributed by atoms with van der Waals surface area (Å²) in [5.41, 5.74) is 7.97. The van der Waals surface area contributed by atoms with Crippen molar-refractivity contribution in [3.8, 4) is 0 Å². The fourth-order valence-corrected chi connectivity index (χ4v) is 22.0. The number of hydrogen-bond acceptors (Lipinski definition) is 1. The fraction of sp³-hybridized carbons (Fsp3) is 0.250. The molecule has 1 fully saturated rings. The molecule has 0 aliphatic heterocycles. The zero-order valence-corrected chi connectivity index (χ0v) is 28.6. The van der Waals surface area contributed by atoms with Crippen LogP contribution in [-0.4, -0.2) is 21.2 Å². The Hall–Kier alpha value is -3.51. The van der Waals surface area contributed by atoms with Gasteiger partial charge < -0.3 is 4.80 Å². The highest BCUT2D eigenvalue weighted by molar-refractivity contribution is 7.15. The van der Waals surface area contributed by atoms with Gasteiger partial charge in [-0.15, -0.1) is 0 Å². The van der Waals surface area contributed by atoms with Gasteiger partial charge in [0.05, 0.1) is 0 Å². The molecule has 0 radical (unpaired) electrons. The van der Waals surface area contributed by atoms with Gasteiger partial charge in [-0.05, 0) is 107 Å². The molecule has 5 aromatic rings. The molecule has 1 saturated carbocycles. The van der Waals surface area contributed by atoms with E-state index in [1.54, 1.807) is 0 Å². The van der Waals surface area contributed by atoms with Gasteiger partial charge in [-0.1, -0.05) is 133 Å². The molecular formula is C40H44OSi2. The van der Waals surface area contributed by atoms with Crippen LogP contribution in [0.3, 0.4) is 0 Å². The van der Waals surface area contributed by atoms with E-state index in [1.807, 2.05) is 0 Å². The Balaban J connectivity index is 1.70. The van der Waals surface area contributed by atoms with Crippen LogP contribution < -0.4 is 25.9 Å². The minimum absolute atomic E-state index is 0.181. The van der Waals surface area contributed by atoms with Crippen LogP contribution in [0.2, 0.25) is 11.1 Å². The number of aryl methyl sites for hydroxylation is 6. The summed E-state index contributed by atoms with van der Waals surface area (Å²) in [5, 5.41) is 6.74. The van der Waals surface area contributed by atoms with Gasteiger partial charge in [0.25, 0.3) is 8.32 Å². The quantitative estimate of drug-likeness (QED) is 0.177. The lowest BCUT2D eigenvalue weighted by Crippen LogP contribution is -2.69. The van der Waals surface area contributed by atoms with Gasteiger partial charge >= 0.3 is 0 Å². The van der Waals surface area contributed by atoms with Crippen LogP contribution in [0, 0.1) is 47.5 Å². The lowest BCUT2D eigenvalue weighted by molar-refractivity contribution is 0.558. The van der Waals surface area contributed by atoms with Gasteiger partial charge in [0.1, 0.15) is 0 Å². The minimum Gasteiger partial charge on any atom is -0.424 e. The molecule has 218 valence electrons. The van der Waals surface area contributed by atoms with E-state index in [0.717, 1.165) is 0 Å². The van der Waals surface area contributed by atoms with Crippen molar-refractivity contribution >= 4 is 42.3 Å². The third kappa shape index (κ3) is 4.70. The van der Waals surface area contributed by atoms with E-state index in [2.05, 4.69) is 164 Å². The first-order valence-electron chi connectivity index (χ1n) is 15.7. The van der Waals surface area contributed by atoms with Crippen LogP contribution in [-0.2, 0) is 0 Å². The van der Waals surface area contributed by atoms with E-state index in [-0.39, 0.29) is 5.54 Å². The van der Waals surface area contributed by atoms with E-state index in [0.29, 0.717) is 11.5 Å². The molecule has 3 atom stereocenters. The van der Waals surface area contributed by atoms with Gasteiger partial charge in [-0.2, -0.15) is 0 Å². The first kappa shape index (κ1) is 29.6. The van der Waals surface area contributed by atoms with Crippen molar-refractivity contribution in [3.05, 3.63) is 149 Å². The van der Waals surface area contributed by atoms with E-state index >= 15 is 0 Å². The summed E-state index contributed by atoms with van der Waals surface area (Å²) in [5.74, 6) is 0.365. The molecule has 3 unspecified atom stereocenters. The molecule has 0 heterocycles. The van der Waals surface area contributed by atoms with E-state index in [1.165, 1.54) is 59.3 Å². The second kappa shape index (κ2) is 11.2. The molecule has 3 heteroatoms. The minimum atomic E-state index is -3.29. The SMILES string of the molecule is Cc1cc(C)c([Si](O)(c2c(C)cc(C)cc2C)C2C(C)C2[Si](c2ccccc2)(c2ccccc2)c2ccccc2)c(C)c1. The molecule has 5 aromatic carbocycles. The zero-order valence-electron chi connectivity index (χ0n) is 26.6. The van der Waals surface area contributed by atoms with Crippen LogP contribution in [0.5, 0.6) is 0 Å². The molecule has 43 heavy (non-hydrogen) atoms. The van der Waals surface area contributed by atoms with Gasteiger partial charge in [-0.3, -0.25) is 0 Å². The standard InChI is InChI=1S/C40H44OSi2/c1-27-23-29(3)37(30(4)24-27)43(41,38-31(5)25-28(2)26-32(38)6)40-33(7)39(40)42(34-17-11-8-12-18-34,35-19-13-9-14-20-35)36-21-15-10-16-22-36/h8-26,33,39-41H,1-7H3. The Morgan fingerprint density at radius 3 is 1.07 bits per heavy atom. The van der Waals surface area contributed by atoms with Crippen molar-refractivity contribution in [2.24, 2.45) is 5.92 Å². The highest BCUT2D eigenvalue weighted by Crippen LogP contribution is 2.65. The number of rotatable bonds is 7. The average Bonchev–Trinajstić information content (AvgIpc) is 3.65. The Labute approximate surface area is 260 Å². The molecule has 0 saturated heterocycles. The topological polar surface area (TPSA) is 20.2 Å². The Kier molecular flexibility index (Phi) is 7.70. The summed E-state index contributed by atoms with van der Waals surface area (Å²) >= 11 is 0. The van der Waals surface area contributed by atoms with Crippen molar-refractivity contribution in [3.63, 3.8) is 0 Å². The van der Waals surface area contributed by atoms with Crippen molar-refractivity contribution < 1.29 is 4.80 Å². The summed E-state index contributed by atoms with van der Waals surface area (Å²) in [7, 11) is -5.90. The van der Waals surface area contributed by atoms with Crippen molar-refractivity contribution in [2.45, 2.75) is 59.5 Å². The smallest absolute Gasteiger partial charge is 0.257 e. The van der Waals surface area contributed by atoms with E-state index in [9.17, 15) is 4.80 Å². The maximum Gasteiger partial charge on any atom is 0.257 e. The summed E-state index contributed by atoms with van der Waals surface area (Å²) in [6.45, 7) is 15.7. The Morgan fingerprint density at radius 1 is 0.465 bits per heavy atom. The van der Waals surface area contributed by atoms with Crippen LogP contribution in [0.25, 0.3) is 0 Å². The predicted octanol–water partition coefficient (Wildman–Crippen LogP) is 6.15. The maximum absolute atomic E-state index is 13.9. The third-order valence-corrected chi connectivity index (χ3v) is 21.1. The number of hydrogen-bond donors (Lipinski definition) is 1. The fourth-order valence-electron chi connectivity index (χ4n) is 8.97. The summed E-state index contributed by atoms with van der Waals surface area (Å²) in [6, 6.07) is 43.0. The summed E-state index contributed by atoms with van der Waals surface area (Å²) in [4.78, 5) is 13.9. The van der Waals surface area contributed by atoms with Crippen LogP contribution >= 0.6 is 0 Å². The van der Waals surface area contributed by atoms with Crippen molar-refractivity contribution in [2.75, 3.05) is 0 Å².